The number of anilines is 2. The van der Waals surface area contributed by atoms with Crippen LogP contribution in [0.4, 0.5) is 11.4 Å². The van der Waals surface area contributed by atoms with Crippen LogP contribution in [-0.4, -0.2) is 11.1 Å². The molecular formula is C14H14Cl2N2O2. The van der Waals surface area contributed by atoms with E-state index in [9.17, 15) is 4.79 Å². The smallest absolute Gasteiger partial charge is 0.307 e. The van der Waals surface area contributed by atoms with Gasteiger partial charge in [0.05, 0.1) is 22.2 Å². The van der Waals surface area contributed by atoms with Gasteiger partial charge in [-0.25, -0.2) is 0 Å². The minimum Gasteiger partial charge on any atom is -0.481 e. The zero-order chi connectivity index (χ0) is 13.8. The monoisotopic (exact) mass is 312 g/mol. The summed E-state index contributed by atoms with van der Waals surface area (Å²) in [5.74, 6) is -0.889. The third kappa shape index (κ3) is 3.87. The molecular weight excluding hydrogens is 299 g/mol. The van der Waals surface area contributed by atoms with E-state index in [2.05, 4.69) is 5.32 Å². The van der Waals surface area contributed by atoms with E-state index in [4.69, 9.17) is 28.3 Å². The Morgan fingerprint density at radius 2 is 1.65 bits per heavy atom. The van der Waals surface area contributed by atoms with E-state index < -0.39 is 5.97 Å². The van der Waals surface area contributed by atoms with Crippen LogP contribution in [-0.2, 0) is 11.2 Å². The van der Waals surface area contributed by atoms with Crippen LogP contribution >= 0.6 is 23.2 Å². The molecule has 0 atom stereocenters. The van der Waals surface area contributed by atoms with Crippen molar-refractivity contribution in [3.05, 3.63) is 58.1 Å². The molecule has 2 aromatic carbocycles. The molecule has 0 aromatic heterocycles. The quantitative estimate of drug-likeness (QED) is 0.774. The summed E-state index contributed by atoms with van der Waals surface area (Å²) in [6, 6.07) is 12.3. The first kappa shape index (κ1) is 16.3. The van der Waals surface area contributed by atoms with E-state index in [-0.39, 0.29) is 12.6 Å². The number of carbonyl (C=O) groups is 1. The average Bonchev–Trinajstić information content (AvgIpc) is 2.35. The first-order valence-corrected chi connectivity index (χ1v) is 6.34. The van der Waals surface area contributed by atoms with E-state index in [0.29, 0.717) is 27.0 Å². The number of carboxylic acids is 1. The highest BCUT2D eigenvalue weighted by Crippen LogP contribution is 2.33. The highest BCUT2D eigenvalue weighted by Gasteiger charge is 2.10. The fourth-order valence-electron chi connectivity index (χ4n) is 1.71. The van der Waals surface area contributed by atoms with Crippen molar-refractivity contribution in [1.29, 1.82) is 0 Å². The van der Waals surface area contributed by atoms with Crippen LogP contribution in [0.3, 0.4) is 0 Å². The lowest BCUT2D eigenvalue weighted by molar-refractivity contribution is -0.136. The largest absolute Gasteiger partial charge is 0.481 e. The van der Waals surface area contributed by atoms with Gasteiger partial charge in [-0.2, -0.15) is 0 Å². The van der Waals surface area contributed by atoms with Crippen molar-refractivity contribution in [2.24, 2.45) is 0 Å². The summed E-state index contributed by atoms with van der Waals surface area (Å²) >= 11 is 12.1. The van der Waals surface area contributed by atoms with Crippen molar-refractivity contribution in [3.8, 4) is 0 Å². The van der Waals surface area contributed by atoms with Crippen molar-refractivity contribution < 1.29 is 9.90 Å². The van der Waals surface area contributed by atoms with Crippen LogP contribution < -0.4 is 11.5 Å². The first-order chi connectivity index (χ1) is 9.08. The number of rotatable bonds is 4. The molecule has 0 spiro atoms. The highest BCUT2D eigenvalue weighted by molar-refractivity contribution is 6.39. The molecule has 2 aromatic rings. The molecule has 0 unspecified atom stereocenters. The summed E-state index contributed by atoms with van der Waals surface area (Å²) in [4.78, 5) is 10.8. The van der Waals surface area contributed by atoms with Gasteiger partial charge in [0.25, 0.3) is 0 Å². The Morgan fingerprint density at radius 1 is 1.05 bits per heavy atom. The molecule has 0 amide bonds. The molecule has 0 aliphatic rings. The van der Waals surface area contributed by atoms with Crippen LogP contribution in [0.5, 0.6) is 0 Å². The van der Waals surface area contributed by atoms with E-state index in [1.807, 2.05) is 6.07 Å². The van der Waals surface area contributed by atoms with Gasteiger partial charge in [-0.1, -0.05) is 47.5 Å². The Bertz CT molecular complexity index is 598. The van der Waals surface area contributed by atoms with Gasteiger partial charge in [0.2, 0.25) is 0 Å². The number of carboxylic acid groups (broad SMARTS) is 1. The topological polar surface area (TPSA) is 84.3 Å². The number of hydrogen-bond acceptors (Lipinski definition) is 3. The maximum atomic E-state index is 10.8. The van der Waals surface area contributed by atoms with Crippen LogP contribution in [0.25, 0.3) is 0 Å². The molecule has 0 saturated heterocycles. The number of halogens is 2. The van der Waals surface area contributed by atoms with Gasteiger partial charge in [-0.3, -0.25) is 4.79 Å². The molecule has 0 heterocycles. The predicted molar refractivity (Wildman–Crippen MR) is 82.5 cm³/mol. The lowest BCUT2D eigenvalue weighted by Gasteiger charge is -2.13. The number of hydrogen-bond donors (Lipinski definition) is 3. The summed E-state index contributed by atoms with van der Waals surface area (Å²) < 4.78 is 0. The van der Waals surface area contributed by atoms with E-state index in [0.717, 1.165) is 0 Å². The second kappa shape index (κ2) is 7.14. The van der Waals surface area contributed by atoms with Gasteiger partial charge >= 0.3 is 5.97 Å². The van der Waals surface area contributed by atoms with Crippen molar-refractivity contribution >= 4 is 40.5 Å². The van der Waals surface area contributed by atoms with Crippen molar-refractivity contribution in [1.82, 2.24) is 6.15 Å². The van der Waals surface area contributed by atoms with Gasteiger partial charge in [0.15, 0.2) is 0 Å². The minimum atomic E-state index is -0.889. The third-order valence-corrected chi connectivity index (χ3v) is 3.21. The van der Waals surface area contributed by atoms with E-state index in [1.165, 1.54) is 0 Å². The van der Waals surface area contributed by atoms with E-state index in [1.54, 1.807) is 36.4 Å². The Balaban J connectivity index is 0.00000200. The molecule has 0 radical (unpaired) electrons. The summed E-state index contributed by atoms with van der Waals surface area (Å²) in [5, 5.41) is 12.9. The SMILES string of the molecule is N.O=C(O)Cc1ccccc1Nc1c(Cl)cccc1Cl. The Labute approximate surface area is 126 Å². The molecule has 6 heteroatoms. The summed E-state index contributed by atoms with van der Waals surface area (Å²) in [6.45, 7) is 0. The molecule has 0 fully saturated rings. The van der Waals surface area contributed by atoms with Crippen LogP contribution in [0, 0.1) is 0 Å². The molecule has 4 nitrogen and oxygen atoms in total. The molecule has 0 aliphatic heterocycles. The Hall–Kier alpha value is -1.75. The Kier molecular flexibility index (Phi) is 5.82. The van der Waals surface area contributed by atoms with Crippen LogP contribution in [0.1, 0.15) is 5.56 Å². The van der Waals surface area contributed by atoms with Gasteiger partial charge in [-0.05, 0) is 23.8 Å². The van der Waals surface area contributed by atoms with Gasteiger partial charge in [0.1, 0.15) is 0 Å². The zero-order valence-corrected chi connectivity index (χ0v) is 12.1. The van der Waals surface area contributed by atoms with Gasteiger partial charge < -0.3 is 16.6 Å². The zero-order valence-electron chi connectivity index (χ0n) is 10.6. The summed E-state index contributed by atoms with van der Waals surface area (Å²) in [7, 11) is 0. The molecule has 0 aliphatic carbocycles. The first-order valence-electron chi connectivity index (χ1n) is 5.58. The lowest BCUT2D eigenvalue weighted by atomic mass is 10.1. The molecule has 2 rings (SSSR count). The van der Waals surface area contributed by atoms with Crippen LogP contribution in [0.15, 0.2) is 42.5 Å². The highest BCUT2D eigenvalue weighted by atomic mass is 35.5. The normalized spacial score (nSPS) is 9.70. The molecule has 5 N–H and O–H groups in total. The minimum absolute atomic E-state index is 0. The fraction of sp³-hybridized carbons (Fsp3) is 0.0714. The molecule has 20 heavy (non-hydrogen) atoms. The lowest BCUT2D eigenvalue weighted by Crippen LogP contribution is -2.04. The standard InChI is InChI=1S/C14H11Cl2NO2.H3N/c15-10-5-3-6-11(16)14(10)17-12-7-2-1-4-9(12)8-13(18)19;/h1-7,17H,8H2,(H,18,19);1H3. The fourth-order valence-corrected chi connectivity index (χ4v) is 2.20. The van der Waals surface area contributed by atoms with Crippen molar-refractivity contribution in [2.75, 3.05) is 5.32 Å². The number of para-hydroxylation sites is 2. The third-order valence-electron chi connectivity index (χ3n) is 2.58. The molecule has 106 valence electrons. The van der Waals surface area contributed by atoms with Crippen LogP contribution in [0.2, 0.25) is 10.0 Å². The van der Waals surface area contributed by atoms with Crippen molar-refractivity contribution in [3.63, 3.8) is 0 Å². The van der Waals surface area contributed by atoms with Gasteiger partial charge in [-0.15, -0.1) is 0 Å². The number of nitrogens with one attached hydrogen (secondary N) is 1. The van der Waals surface area contributed by atoms with Crippen molar-refractivity contribution in [2.45, 2.75) is 6.42 Å². The summed E-state index contributed by atoms with van der Waals surface area (Å²) in [5.41, 5.74) is 1.93. The molecule has 0 bridgehead atoms. The second-order valence-corrected chi connectivity index (χ2v) is 4.76. The average molecular weight is 313 g/mol. The van der Waals surface area contributed by atoms with E-state index >= 15 is 0 Å². The Morgan fingerprint density at radius 3 is 2.25 bits per heavy atom. The molecule has 0 saturated carbocycles. The number of aliphatic carboxylic acids is 1. The summed E-state index contributed by atoms with van der Waals surface area (Å²) in [6.07, 6.45) is -0.0642. The maximum Gasteiger partial charge on any atom is 0.307 e. The maximum absolute atomic E-state index is 10.8. The predicted octanol–water partition coefficient (Wildman–Crippen LogP) is 4.53. The second-order valence-electron chi connectivity index (χ2n) is 3.95. The van der Waals surface area contributed by atoms with Gasteiger partial charge in [0, 0.05) is 5.69 Å². The number of benzene rings is 2.